The SMILES string of the molecule is CCC(C(=O)Nc1cc(C)c(Br)c(C)c1)C(N)=S. The van der Waals surface area contributed by atoms with Gasteiger partial charge < -0.3 is 11.1 Å². The highest BCUT2D eigenvalue weighted by molar-refractivity contribution is 9.10. The third-order valence-electron chi connectivity index (χ3n) is 2.77. The topological polar surface area (TPSA) is 55.1 Å². The van der Waals surface area contributed by atoms with Crippen molar-refractivity contribution in [1.29, 1.82) is 0 Å². The number of hydrogen-bond acceptors (Lipinski definition) is 2. The minimum atomic E-state index is -0.413. The average Bonchev–Trinajstić information content (AvgIpc) is 2.26. The van der Waals surface area contributed by atoms with Crippen LogP contribution in [0.5, 0.6) is 0 Å². The van der Waals surface area contributed by atoms with Crippen molar-refractivity contribution < 1.29 is 4.79 Å². The molecular formula is C13H17BrN2OS. The fraction of sp³-hybridized carbons (Fsp3) is 0.385. The Morgan fingerprint density at radius 2 is 1.94 bits per heavy atom. The van der Waals surface area contributed by atoms with E-state index in [1.54, 1.807) is 0 Å². The first-order valence-corrected chi connectivity index (χ1v) is 6.93. The van der Waals surface area contributed by atoms with Crippen molar-refractivity contribution in [1.82, 2.24) is 0 Å². The summed E-state index contributed by atoms with van der Waals surface area (Å²) in [6.07, 6.45) is 0.607. The first-order chi connectivity index (χ1) is 8.36. The van der Waals surface area contributed by atoms with Crippen LogP contribution in [0.25, 0.3) is 0 Å². The molecule has 0 fully saturated rings. The monoisotopic (exact) mass is 328 g/mol. The second-order valence-electron chi connectivity index (χ2n) is 4.28. The molecule has 0 radical (unpaired) electrons. The normalized spacial score (nSPS) is 12.0. The van der Waals surface area contributed by atoms with Crippen LogP contribution in [0.4, 0.5) is 5.69 Å². The Morgan fingerprint density at radius 1 is 1.44 bits per heavy atom. The molecule has 0 heterocycles. The highest BCUT2D eigenvalue weighted by Gasteiger charge is 2.19. The molecule has 3 nitrogen and oxygen atoms in total. The molecule has 0 aliphatic rings. The zero-order valence-electron chi connectivity index (χ0n) is 10.7. The summed E-state index contributed by atoms with van der Waals surface area (Å²) in [6, 6.07) is 3.84. The number of carbonyl (C=O) groups excluding carboxylic acids is 1. The second kappa shape index (κ2) is 6.29. The van der Waals surface area contributed by atoms with Gasteiger partial charge in [-0.05, 0) is 43.5 Å². The van der Waals surface area contributed by atoms with Crippen molar-refractivity contribution in [2.75, 3.05) is 5.32 Å². The third kappa shape index (κ3) is 3.53. The van der Waals surface area contributed by atoms with Crippen LogP contribution in [0.2, 0.25) is 0 Å². The number of thiocarbonyl (C=S) groups is 1. The maximum atomic E-state index is 12.0. The highest BCUT2D eigenvalue weighted by Crippen LogP contribution is 2.25. The Hall–Kier alpha value is -0.940. The molecule has 0 aliphatic heterocycles. The summed E-state index contributed by atoms with van der Waals surface area (Å²) in [7, 11) is 0. The van der Waals surface area contributed by atoms with Gasteiger partial charge in [-0.3, -0.25) is 4.79 Å². The number of aryl methyl sites for hydroxylation is 2. The van der Waals surface area contributed by atoms with E-state index in [2.05, 4.69) is 21.2 Å². The number of hydrogen-bond donors (Lipinski definition) is 2. The molecule has 0 saturated carbocycles. The summed E-state index contributed by atoms with van der Waals surface area (Å²) < 4.78 is 1.06. The fourth-order valence-corrected chi connectivity index (χ4v) is 2.27. The summed E-state index contributed by atoms with van der Waals surface area (Å²) >= 11 is 8.38. The molecule has 0 aliphatic carbocycles. The Labute approximate surface area is 121 Å². The van der Waals surface area contributed by atoms with Gasteiger partial charge in [-0.15, -0.1) is 0 Å². The quantitative estimate of drug-likeness (QED) is 0.833. The minimum absolute atomic E-state index is 0.147. The van der Waals surface area contributed by atoms with E-state index in [1.807, 2.05) is 32.9 Å². The Bertz CT molecular complexity index is 465. The van der Waals surface area contributed by atoms with Crippen molar-refractivity contribution in [3.63, 3.8) is 0 Å². The van der Waals surface area contributed by atoms with Crippen LogP contribution >= 0.6 is 28.1 Å². The average molecular weight is 329 g/mol. The second-order valence-corrected chi connectivity index (χ2v) is 5.54. The number of benzene rings is 1. The van der Waals surface area contributed by atoms with E-state index >= 15 is 0 Å². The van der Waals surface area contributed by atoms with Crippen LogP contribution in [0.15, 0.2) is 16.6 Å². The summed E-state index contributed by atoms with van der Waals surface area (Å²) in [4.78, 5) is 12.2. The van der Waals surface area contributed by atoms with Gasteiger partial charge in [0.05, 0.1) is 10.9 Å². The first kappa shape index (κ1) is 15.1. The summed E-state index contributed by atoms with van der Waals surface area (Å²) in [5.41, 5.74) is 8.47. The molecule has 1 atom stereocenters. The van der Waals surface area contributed by atoms with Crippen LogP contribution in [0.1, 0.15) is 24.5 Å². The van der Waals surface area contributed by atoms with E-state index < -0.39 is 5.92 Å². The zero-order valence-corrected chi connectivity index (χ0v) is 13.1. The van der Waals surface area contributed by atoms with Gasteiger partial charge >= 0.3 is 0 Å². The molecule has 0 saturated heterocycles. The van der Waals surface area contributed by atoms with Gasteiger partial charge in [0.25, 0.3) is 0 Å². The third-order valence-corrected chi connectivity index (χ3v) is 4.31. The minimum Gasteiger partial charge on any atom is -0.393 e. The molecule has 5 heteroatoms. The molecule has 1 unspecified atom stereocenters. The van der Waals surface area contributed by atoms with Crippen molar-refractivity contribution in [3.05, 3.63) is 27.7 Å². The van der Waals surface area contributed by atoms with E-state index in [-0.39, 0.29) is 10.9 Å². The number of rotatable bonds is 4. The van der Waals surface area contributed by atoms with E-state index in [4.69, 9.17) is 18.0 Å². The van der Waals surface area contributed by atoms with Crippen LogP contribution < -0.4 is 11.1 Å². The lowest BCUT2D eigenvalue weighted by molar-refractivity contribution is -0.118. The van der Waals surface area contributed by atoms with Gasteiger partial charge in [-0.2, -0.15) is 0 Å². The van der Waals surface area contributed by atoms with Crippen LogP contribution in [0.3, 0.4) is 0 Å². The molecule has 1 amide bonds. The van der Waals surface area contributed by atoms with Crippen LogP contribution in [0, 0.1) is 19.8 Å². The number of nitrogens with two attached hydrogens (primary N) is 1. The molecule has 0 aromatic heterocycles. The fourth-order valence-electron chi connectivity index (χ4n) is 1.76. The van der Waals surface area contributed by atoms with E-state index in [0.717, 1.165) is 21.3 Å². The zero-order chi connectivity index (χ0) is 13.9. The van der Waals surface area contributed by atoms with Crippen molar-refractivity contribution in [3.8, 4) is 0 Å². The predicted octanol–water partition coefficient (Wildman–Crippen LogP) is 3.32. The molecule has 3 N–H and O–H groups in total. The first-order valence-electron chi connectivity index (χ1n) is 5.73. The molecule has 1 rings (SSSR count). The Kier molecular flexibility index (Phi) is 5.28. The number of nitrogens with one attached hydrogen (secondary N) is 1. The summed E-state index contributed by atoms with van der Waals surface area (Å²) in [5.74, 6) is -0.560. The molecular weight excluding hydrogens is 312 g/mol. The number of amides is 1. The maximum absolute atomic E-state index is 12.0. The lowest BCUT2D eigenvalue weighted by atomic mass is 10.1. The highest BCUT2D eigenvalue weighted by atomic mass is 79.9. The molecule has 0 bridgehead atoms. The number of halogens is 1. The Morgan fingerprint density at radius 3 is 2.33 bits per heavy atom. The molecule has 1 aromatic carbocycles. The Balaban J connectivity index is 2.91. The summed E-state index contributed by atoms with van der Waals surface area (Å²) in [5, 5.41) is 2.86. The van der Waals surface area contributed by atoms with E-state index in [9.17, 15) is 4.79 Å². The van der Waals surface area contributed by atoms with Gasteiger partial charge in [-0.1, -0.05) is 35.1 Å². The predicted molar refractivity (Wildman–Crippen MR) is 82.8 cm³/mol. The largest absolute Gasteiger partial charge is 0.393 e. The molecule has 0 spiro atoms. The lowest BCUT2D eigenvalue weighted by Crippen LogP contribution is -2.32. The van der Waals surface area contributed by atoms with Gasteiger partial charge in [0.2, 0.25) is 5.91 Å². The molecule has 98 valence electrons. The smallest absolute Gasteiger partial charge is 0.234 e. The van der Waals surface area contributed by atoms with E-state index in [1.165, 1.54) is 0 Å². The maximum Gasteiger partial charge on any atom is 0.234 e. The summed E-state index contributed by atoms with van der Waals surface area (Å²) in [6.45, 7) is 5.86. The van der Waals surface area contributed by atoms with Crippen molar-refractivity contribution in [2.24, 2.45) is 11.7 Å². The standard InChI is InChI=1S/C13H17BrN2OS/c1-4-10(12(15)18)13(17)16-9-5-7(2)11(14)8(3)6-9/h5-6,10H,4H2,1-3H3,(H2,15,18)(H,16,17). The number of carbonyl (C=O) groups is 1. The van der Waals surface area contributed by atoms with Crippen molar-refractivity contribution in [2.45, 2.75) is 27.2 Å². The van der Waals surface area contributed by atoms with Crippen LogP contribution in [-0.4, -0.2) is 10.9 Å². The lowest BCUT2D eigenvalue weighted by Gasteiger charge is -2.15. The van der Waals surface area contributed by atoms with E-state index in [0.29, 0.717) is 6.42 Å². The van der Waals surface area contributed by atoms with Gasteiger partial charge in [0, 0.05) is 10.2 Å². The van der Waals surface area contributed by atoms with Gasteiger partial charge in [0.15, 0.2) is 0 Å². The van der Waals surface area contributed by atoms with Crippen molar-refractivity contribution >= 4 is 44.7 Å². The van der Waals surface area contributed by atoms with Gasteiger partial charge in [0.1, 0.15) is 0 Å². The molecule has 18 heavy (non-hydrogen) atoms. The van der Waals surface area contributed by atoms with Crippen LogP contribution in [-0.2, 0) is 4.79 Å². The number of anilines is 1. The van der Waals surface area contributed by atoms with Gasteiger partial charge in [-0.25, -0.2) is 0 Å². The molecule has 1 aromatic rings.